The molecular formula is C21H23N3O5. The van der Waals surface area contributed by atoms with Crippen LogP contribution < -0.4 is 25.3 Å². The van der Waals surface area contributed by atoms with Crippen molar-refractivity contribution < 1.29 is 23.8 Å². The van der Waals surface area contributed by atoms with Crippen molar-refractivity contribution in [3.63, 3.8) is 0 Å². The van der Waals surface area contributed by atoms with Gasteiger partial charge in [0.2, 0.25) is 12.7 Å². The fourth-order valence-electron chi connectivity index (χ4n) is 3.51. The van der Waals surface area contributed by atoms with Gasteiger partial charge in [-0.1, -0.05) is 0 Å². The van der Waals surface area contributed by atoms with Gasteiger partial charge in [0, 0.05) is 24.3 Å². The first-order chi connectivity index (χ1) is 14.2. The van der Waals surface area contributed by atoms with Gasteiger partial charge in [-0.3, -0.25) is 9.59 Å². The molecule has 4 rings (SSSR count). The minimum atomic E-state index is -0.513. The van der Waals surface area contributed by atoms with Gasteiger partial charge in [0.1, 0.15) is 18.4 Å². The Kier molecular flexibility index (Phi) is 5.53. The summed E-state index contributed by atoms with van der Waals surface area (Å²) in [5, 5.41) is 2.89. The molecule has 1 saturated heterocycles. The van der Waals surface area contributed by atoms with Crippen LogP contribution in [0.1, 0.15) is 23.2 Å². The predicted octanol–water partition coefficient (Wildman–Crippen LogP) is 2.00. The number of likely N-dealkylation sites (tertiary alicyclic amines) is 1. The summed E-state index contributed by atoms with van der Waals surface area (Å²) in [5.74, 6) is 1.47. The molecule has 8 heteroatoms. The molecule has 1 fully saturated rings. The van der Waals surface area contributed by atoms with Crippen LogP contribution in [0.4, 0.5) is 5.69 Å². The van der Waals surface area contributed by atoms with E-state index in [-0.39, 0.29) is 18.6 Å². The van der Waals surface area contributed by atoms with Gasteiger partial charge < -0.3 is 30.2 Å². The Balaban J connectivity index is 1.42. The number of ether oxygens (including phenoxy) is 3. The standard InChI is InChI=1S/C21H23N3O5/c22-9-11-27-16-6-4-15(5-7-16)23-20(25)17-2-1-10-24(17)21(26)14-3-8-18-19(12-14)29-13-28-18/h3-8,12,17H,1-2,9-11,13,22H2,(H,23,25). The minimum Gasteiger partial charge on any atom is -0.492 e. The van der Waals surface area contributed by atoms with E-state index < -0.39 is 6.04 Å². The van der Waals surface area contributed by atoms with Crippen LogP contribution in [-0.4, -0.2) is 49.2 Å². The summed E-state index contributed by atoms with van der Waals surface area (Å²) >= 11 is 0. The van der Waals surface area contributed by atoms with E-state index in [4.69, 9.17) is 19.9 Å². The predicted molar refractivity (Wildman–Crippen MR) is 106 cm³/mol. The van der Waals surface area contributed by atoms with Gasteiger partial charge >= 0.3 is 0 Å². The van der Waals surface area contributed by atoms with Gasteiger partial charge in [0.15, 0.2) is 11.5 Å². The molecule has 1 unspecified atom stereocenters. The van der Waals surface area contributed by atoms with Crippen molar-refractivity contribution in [3.8, 4) is 17.2 Å². The lowest BCUT2D eigenvalue weighted by molar-refractivity contribution is -0.119. The number of nitrogens with one attached hydrogen (secondary N) is 1. The average Bonchev–Trinajstić information content (AvgIpc) is 3.41. The van der Waals surface area contributed by atoms with Crippen LogP contribution in [0.2, 0.25) is 0 Å². The monoisotopic (exact) mass is 397 g/mol. The Bertz CT molecular complexity index is 900. The first kappa shape index (κ1) is 19.1. The van der Waals surface area contributed by atoms with E-state index >= 15 is 0 Å². The van der Waals surface area contributed by atoms with Crippen molar-refractivity contribution >= 4 is 17.5 Å². The van der Waals surface area contributed by atoms with Crippen molar-refractivity contribution in [2.24, 2.45) is 5.73 Å². The fourth-order valence-corrected chi connectivity index (χ4v) is 3.51. The highest BCUT2D eigenvalue weighted by atomic mass is 16.7. The van der Waals surface area contributed by atoms with Crippen molar-refractivity contribution in [1.29, 1.82) is 0 Å². The lowest BCUT2D eigenvalue weighted by Crippen LogP contribution is -2.43. The average molecular weight is 397 g/mol. The lowest BCUT2D eigenvalue weighted by atomic mass is 10.1. The number of amides is 2. The van der Waals surface area contributed by atoms with E-state index in [9.17, 15) is 9.59 Å². The SMILES string of the molecule is NCCOc1ccc(NC(=O)C2CCCN2C(=O)c2ccc3c(c2)OCO3)cc1. The molecule has 29 heavy (non-hydrogen) atoms. The summed E-state index contributed by atoms with van der Waals surface area (Å²) in [5.41, 5.74) is 6.55. The Hall–Kier alpha value is -3.26. The molecule has 2 aliphatic heterocycles. The van der Waals surface area contributed by atoms with E-state index in [2.05, 4.69) is 5.32 Å². The lowest BCUT2D eigenvalue weighted by Gasteiger charge is -2.24. The maximum atomic E-state index is 13.0. The first-order valence-corrected chi connectivity index (χ1v) is 9.60. The largest absolute Gasteiger partial charge is 0.492 e. The van der Waals surface area contributed by atoms with Gasteiger partial charge in [-0.15, -0.1) is 0 Å². The summed E-state index contributed by atoms with van der Waals surface area (Å²) in [6, 6.07) is 11.6. The van der Waals surface area contributed by atoms with Crippen molar-refractivity contribution in [2.45, 2.75) is 18.9 Å². The van der Waals surface area contributed by atoms with Crippen molar-refractivity contribution in [3.05, 3.63) is 48.0 Å². The van der Waals surface area contributed by atoms with Gasteiger partial charge in [0.25, 0.3) is 5.91 Å². The van der Waals surface area contributed by atoms with Crippen molar-refractivity contribution in [2.75, 3.05) is 31.8 Å². The highest BCUT2D eigenvalue weighted by Gasteiger charge is 2.35. The van der Waals surface area contributed by atoms with Crippen LogP contribution in [0.5, 0.6) is 17.2 Å². The van der Waals surface area contributed by atoms with Crippen LogP contribution >= 0.6 is 0 Å². The third-order valence-electron chi connectivity index (χ3n) is 4.94. The second-order valence-electron chi connectivity index (χ2n) is 6.88. The second-order valence-corrected chi connectivity index (χ2v) is 6.88. The molecule has 1 atom stereocenters. The zero-order valence-corrected chi connectivity index (χ0v) is 15.9. The zero-order valence-electron chi connectivity index (χ0n) is 15.9. The number of hydrogen-bond donors (Lipinski definition) is 2. The zero-order chi connectivity index (χ0) is 20.2. The van der Waals surface area contributed by atoms with Gasteiger partial charge in [-0.05, 0) is 55.3 Å². The normalized spacial score (nSPS) is 17.3. The molecule has 2 aliphatic rings. The number of nitrogens with two attached hydrogens (primary N) is 1. The maximum Gasteiger partial charge on any atom is 0.254 e. The molecule has 2 heterocycles. The molecule has 0 aliphatic carbocycles. The maximum absolute atomic E-state index is 13.0. The van der Waals surface area contributed by atoms with E-state index in [0.29, 0.717) is 54.6 Å². The molecule has 152 valence electrons. The molecule has 3 N–H and O–H groups in total. The van der Waals surface area contributed by atoms with E-state index in [1.807, 2.05) is 0 Å². The number of carbonyl (C=O) groups is 2. The first-order valence-electron chi connectivity index (χ1n) is 9.60. The molecule has 2 aromatic carbocycles. The summed E-state index contributed by atoms with van der Waals surface area (Å²) < 4.78 is 16.1. The molecule has 0 saturated carbocycles. The van der Waals surface area contributed by atoms with Gasteiger partial charge in [-0.2, -0.15) is 0 Å². The third kappa shape index (κ3) is 4.12. The van der Waals surface area contributed by atoms with Crippen LogP contribution in [0.15, 0.2) is 42.5 Å². The molecule has 2 aromatic rings. The highest BCUT2D eigenvalue weighted by molar-refractivity contribution is 6.01. The molecular weight excluding hydrogens is 374 g/mol. The molecule has 8 nitrogen and oxygen atoms in total. The Morgan fingerprint density at radius 3 is 2.72 bits per heavy atom. The summed E-state index contributed by atoms with van der Waals surface area (Å²) in [4.78, 5) is 27.4. The second kappa shape index (κ2) is 8.40. The molecule has 0 radical (unpaired) electrons. The fraction of sp³-hybridized carbons (Fsp3) is 0.333. The summed E-state index contributed by atoms with van der Waals surface area (Å²) in [7, 11) is 0. The van der Waals surface area contributed by atoms with Crippen LogP contribution in [0.25, 0.3) is 0 Å². The number of hydrogen-bond acceptors (Lipinski definition) is 6. The number of anilines is 1. The summed E-state index contributed by atoms with van der Waals surface area (Å²) in [6.45, 7) is 1.56. The number of fused-ring (bicyclic) bond motifs is 1. The third-order valence-corrected chi connectivity index (χ3v) is 4.94. The van der Waals surface area contributed by atoms with Crippen LogP contribution in [-0.2, 0) is 4.79 Å². The number of carbonyl (C=O) groups excluding carboxylic acids is 2. The molecule has 0 aromatic heterocycles. The number of rotatable bonds is 6. The minimum absolute atomic E-state index is 0.151. The quantitative estimate of drug-likeness (QED) is 0.773. The Morgan fingerprint density at radius 2 is 1.93 bits per heavy atom. The molecule has 0 spiro atoms. The van der Waals surface area contributed by atoms with E-state index in [1.165, 1.54) is 0 Å². The van der Waals surface area contributed by atoms with Gasteiger partial charge in [0.05, 0.1) is 0 Å². The molecule has 0 bridgehead atoms. The number of nitrogens with zero attached hydrogens (tertiary/aromatic N) is 1. The number of benzene rings is 2. The van der Waals surface area contributed by atoms with Gasteiger partial charge in [-0.25, -0.2) is 0 Å². The topological polar surface area (TPSA) is 103 Å². The van der Waals surface area contributed by atoms with Crippen LogP contribution in [0.3, 0.4) is 0 Å². The Morgan fingerprint density at radius 1 is 1.14 bits per heavy atom. The smallest absolute Gasteiger partial charge is 0.254 e. The molecule has 2 amide bonds. The van der Waals surface area contributed by atoms with E-state index in [0.717, 1.165) is 6.42 Å². The summed E-state index contributed by atoms with van der Waals surface area (Å²) in [6.07, 6.45) is 1.40. The van der Waals surface area contributed by atoms with E-state index in [1.54, 1.807) is 47.4 Å². The highest BCUT2D eigenvalue weighted by Crippen LogP contribution is 2.33. The van der Waals surface area contributed by atoms with Crippen molar-refractivity contribution in [1.82, 2.24) is 4.90 Å². The Labute approximate surface area is 168 Å². The van der Waals surface area contributed by atoms with Crippen LogP contribution in [0, 0.1) is 0 Å².